The number of aryl methyl sites for hydroxylation is 2. The van der Waals surface area contributed by atoms with Crippen molar-refractivity contribution in [2.24, 2.45) is 14.1 Å². The minimum Gasteiger partial charge on any atom is -0.330 e. The number of aromatic nitrogens is 5. The summed E-state index contributed by atoms with van der Waals surface area (Å²) in [5, 5.41) is 3.02. The summed E-state index contributed by atoms with van der Waals surface area (Å²) < 4.78 is 4.23. The Morgan fingerprint density at radius 2 is 1.89 bits per heavy atom. The fraction of sp³-hybridized carbons (Fsp3) is 0.211. The van der Waals surface area contributed by atoms with E-state index in [4.69, 9.17) is 0 Å². The maximum atomic E-state index is 12.3. The summed E-state index contributed by atoms with van der Waals surface area (Å²) in [5.41, 5.74) is 1.62. The second kappa shape index (κ2) is 6.76. The van der Waals surface area contributed by atoms with Crippen molar-refractivity contribution in [1.82, 2.24) is 23.7 Å². The maximum Gasteiger partial charge on any atom is 0.332 e. The zero-order chi connectivity index (χ0) is 19.8. The van der Waals surface area contributed by atoms with Gasteiger partial charge in [0.2, 0.25) is 5.91 Å². The molecule has 0 unspecified atom stereocenters. The number of pyridine rings is 1. The molecule has 3 aromatic heterocycles. The van der Waals surface area contributed by atoms with Crippen LogP contribution in [0.15, 0.2) is 52.4 Å². The highest BCUT2D eigenvalue weighted by molar-refractivity contribution is 5.92. The summed E-state index contributed by atoms with van der Waals surface area (Å²) >= 11 is 0. The molecule has 1 aromatic carbocycles. The fourth-order valence-corrected chi connectivity index (χ4v) is 3.17. The van der Waals surface area contributed by atoms with Gasteiger partial charge in [0.1, 0.15) is 5.65 Å². The van der Waals surface area contributed by atoms with Crippen LogP contribution in [0.2, 0.25) is 0 Å². The van der Waals surface area contributed by atoms with E-state index in [9.17, 15) is 14.4 Å². The average Bonchev–Trinajstić information content (AvgIpc) is 3.12. The molecule has 0 radical (unpaired) electrons. The SMILES string of the molecule is Cn1c(=O)c2cc(NC(=O)CCn3cnc4ccccc43)cnc2n(C)c1=O. The molecule has 28 heavy (non-hydrogen) atoms. The van der Waals surface area contributed by atoms with Gasteiger partial charge in [-0.25, -0.2) is 14.8 Å². The van der Waals surface area contributed by atoms with Crippen molar-refractivity contribution in [3.05, 3.63) is 63.7 Å². The number of amides is 1. The molecule has 0 saturated heterocycles. The average molecular weight is 378 g/mol. The first-order valence-electron chi connectivity index (χ1n) is 8.71. The van der Waals surface area contributed by atoms with E-state index in [0.29, 0.717) is 12.2 Å². The highest BCUT2D eigenvalue weighted by Crippen LogP contribution is 2.14. The molecule has 0 aliphatic carbocycles. The number of hydrogen-bond acceptors (Lipinski definition) is 5. The Morgan fingerprint density at radius 3 is 2.71 bits per heavy atom. The van der Waals surface area contributed by atoms with Gasteiger partial charge in [-0.15, -0.1) is 0 Å². The third kappa shape index (κ3) is 2.96. The Balaban J connectivity index is 1.54. The molecule has 0 aliphatic rings. The predicted molar refractivity (Wildman–Crippen MR) is 105 cm³/mol. The van der Waals surface area contributed by atoms with Crippen LogP contribution < -0.4 is 16.6 Å². The lowest BCUT2D eigenvalue weighted by atomic mass is 10.3. The summed E-state index contributed by atoms with van der Waals surface area (Å²) in [4.78, 5) is 45.1. The molecule has 0 saturated carbocycles. The highest BCUT2D eigenvalue weighted by atomic mass is 16.2. The van der Waals surface area contributed by atoms with Crippen LogP contribution in [-0.2, 0) is 25.4 Å². The molecule has 0 bridgehead atoms. The molecule has 0 aliphatic heterocycles. The predicted octanol–water partition coefficient (Wildman–Crippen LogP) is 1.01. The van der Waals surface area contributed by atoms with E-state index in [-0.39, 0.29) is 23.4 Å². The molecule has 0 fully saturated rings. The molecule has 9 nitrogen and oxygen atoms in total. The summed E-state index contributed by atoms with van der Waals surface area (Å²) in [7, 11) is 2.95. The van der Waals surface area contributed by atoms with Gasteiger partial charge in [0.05, 0.1) is 34.6 Å². The first-order chi connectivity index (χ1) is 13.5. The largest absolute Gasteiger partial charge is 0.332 e. The summed E-state index contributed by atoms with van der Waals surface area (Å²) in [5.74, 6) is -0.208. The first-order valence-corrected chi connectivity index (χ1v) is 8.71. The Bertz CT molecular complexity index is 1330. The zero-order valence-electron chi connectivity index (χ0n) is 15.4. The molecular weight excluding hydrogens is 360 g/mol. The van der Waals surface area contributed by atoms with Gasteiger partial charge >= 0.3 is 5.69 Å². The number of carbonyl (C=O) groups is 1. The molecule has 0 atom stereocenters. The minimum atomic E-state index is -0.452. The van der Waals surface area contributed by atoms with Crippen molar-refractivity contribution in [3.8, 4) is 0 Å². The standard InChI is InChI=1S/C19H18N6O3/c1-23-17-13(18(27)24(2)19(23)28)9-12(10-20-17)22-16(26)7-8-25-11-21-14-5-3-4-6-15(14)25/h3-6,9-11H,7-8H2,1-2H3,(H,22,26). The van der Waals surface area contributed by atoms with Crippen LogP contribution in [0.25, 0.3) is 22.1 Å². The van der Waals surface area contributed by atoms with Crippen LogP contribution in [0.1, 0.15) is 6.42 Å². The summed E-state index contributed by atoms with van der Waals surface area (Å²) in [6, 6.07) is 9.25. The van der Waals surface area contributed by atoms with Gasteiger partial charge in [-0.2, -0.15) is 0 Å². The lowest BCUT2D eigenvalue weighted by molar-refractivity contribution is -0.116. The van der Waals surface area contributed by atoms with Crippen LogP contribution in [0.3, 0.4) is 0 Å². The topological polar surface area (TPSA) is 104 Å². The van der Waals surface area contributed by atoms with E-state index in [1.807, 2.05) is 28.8 Å². The van der Waals surface area contributed by atoms with Gasteiger partial charge in [-0.1, -0.05) is 12.1 Å². The molecule has 142 valence electrons. The van der Waals surface area contributed by atoms with Crippen LogP contribution in [0, 0.1) is 0 Å². The maximum absolute atomic E-state index is 12.3. The number of imidazole rings is 1. The smallest absolute Gasteiger partial charge is 0.330 e. The second-order valence-electron chi connectivity index (χ2n) is 6.53. The third-order valence-electron chi connectivity index (χ3n) is 4.68. The molecule has 3 heterocycles. The van der Waals surface area contributed by atoms with Gasteiger partial charge in [-0.05, 0) is 18.2 Å². The van der Waals surface area contributed by atoms with E-state index in [1.54, 1.807) is 13.4 Å². The summed E-state index contributed by atoms with van der Waals surface area (Å²) in [6.07, 6.45) is 3.38. The van der Waals surface area contributed by atoms with E-state index in [2.05, 4.69) is 15.3 Å². The Hall–Kier alpha value is -3.75. The molecule has 9 heteroatoms. The van der Waals surface area contributed by atoms with Crippen molar-refractivity contribution >= 4 is 33.7 Å². The molecule has 4 aromatic rings. The third-order valence-corrected chi connectivity index (χ3v) is 4.68. The molecule has 4 rings (SSSR count). The lowest BCUT2D eigenvalue weighted by Gasteiger charge is -2.09. The number of para-hydroxylation sites is 2. The van der Waals surface area contributed by atoms with Gasteiger partial charge in [0.25, 0.3) is 5.56 Å². The van der Waals surface area contributed by atoms with Gasteiger partial charge in [0.15, 0.2) is 0 Å². The van der Waals surface area contributed by atoms with Gasteiger partial charge < -0.3 is 9.88 Å². The van der Waals surface area contributed by atoms with E-state index in [1.165, 1.54) is 23.9 Å². The van der Waals surface area contributed by atoms with Crippen molar-refractivity contribution < 1.29 is 4.79 Å². The Morgan fingerprint density at radius 1 is 1.11 bits per heavy atom. The molecule has 1 amide bonds. The number of hydrogen-bond donors (Lipinski definition) is 1. The number of nitrogens with one attached hydrogen (secondary N) is 1. The molecule has 1 N–H and O–H groups in total. The number of fused-ring (bicyclic) bond motifs is 2. The molecular formula is C19H18N6O3. The minimum absolute atomic E-state index is 0.208. The fourth-order valence-electron chi connectivity index (χ4n) is 3.17. The van der Waals surface area contributed by atoms with E-state index in [0.717, 1.165) is 15.6 Å². The highest BCUT2D eigenvalue weighted by Gasteiger charge is 2.12. The van der Waals surface area contributed by atoms with Crippen molar-refractivity contribution in [3.63, 3.8) is 0 Å². The summed E-state index contributed by atoms with van der Waals surface area (Å²) in [6.45, 7) is 0.476. The monoisotopic (exact) mass is 378 g/mol. The van der Waals surface area contributed by atoms with Crippen LogP contribution >= 0.6 is 0 Å². The van der Waals surface area contributed by atoms with Gasteiger partial charge in [-0.3, -0.25) is 18.7 Å². The number of carbonyl (C=O) groups excluding carboxylic acids is 1. The zero-order valence-corrected chi connectivity index (χ0v) is 15.4. The number of benzene rings is 1. The number of nitrogens with zero attached hydrogens (tertiary/aromatic N) is 5. The van der Waals surface area contributed by atoms with Gasteiger partial charge in [0, 0.05) is 27.1 Å². The quantitative estimate of drug-likeness (QED) is 0.571. The lowest BCUT2D eigenvalue weighted by Crippen LogP contribution is -2.37. The normalized spacial score (nSPS) is 11.2. The van der Waals surface area contributed by atoms with Crippen LogP contribution in [0.4, 0.5) is 5.69 Å². The van der Waals surface area contributed by atoms with E-state index < -0.39 is 11.2 Å². The van der Waals surface area contributed by atoms with Crippen LogP contribution in [0.5, 0.6) is 0 Å². The van der Waals surface area contributed by atoms with Crippen molar-refractivity contribution in [1.29, 1.82) is 0 Å². The van der Waals surface area contributed by atoms with Crippen LogP contribution in [-0.4, -0.2) is 29.6 Å². The molecule has 0 spiro atoms. The van der Waals surface area contributed by atoms with E-state index >= 15 is 0 Å². The number of rotatable bonds is 4. The Labute approximate surface area is 158 Å². The van der Waals surface area contributed by atoms with Crippen molar-refractivity contribution in [2.45, 2.75) is 13.0 Å². The first kappa shape index (κ1) is 17.7. The second-order valence-corrected chi connectivity index (χ2v) is 6.53. The van der Waals surface area contributed by atoms with Crippen molar-refractivity contribution in [2.75, 3.05) is 5.32 Å². The number of anilines is 1. The Kier molecular flexibility index (Phi) is 4.26.